The number of sulfonamides is 1. The lowest BCUT2D eigenvalue weighted by Gasteiger charge is -2.14. The van der Waals surface area contributed by atoms with Crippen molar-refractivity contribution >= 4 is 27.4 Å². The Hall–Kier alpha value is -3.50. The van der Waals surface area contributed by atoms with Gasteiger partial charge < -0.3 is 4.74 Å². The fourth-order valence-electron chi connectivity index (χ4n) is 2.83. The van der Waals surface area contributed by atoms with Crippen molar-refractivity contribution in [2.75, 3.05) is 4.72 Å². The number of halogens is 2. The molecule has 31 heavy (non-hydrogen) atoms. The molecule has 8 nitrogen and oxygen atoms in total. The van der Waals surface area contributed by atoms with Crippen LogP contribution in [0.5, 0.6) is 11.5 Å². The first kappa shape index (κ1) is 20.8. The number of hydrogen-bond donors (Lipinski definition) is 1. The molecule has 4 aromatic rings. The Morgan fingerprint density at radius 2 is 1.87 bits per heavy atom. The second-order valence-corrected chi connectivity index (χ2v) is 8.46. The highest BCUT2D eigenvalue weighted by molar-refractivity contribution is 7.92. The first-order valence-corrected chi connectivity index (χ1v) is 10.7. The first-order valence-electron chi connectivity index (χ1n) is 8.88. The van der Waals surface area contributed by atoms with E-state index in [1.165, 1.54) is 55.0 Å². The van der Waals surface area contributed by atoms with Gasteiger partial charge in [-0.15, -0.1) is 0 Å². The summed E-state index contributed by atoms with van der Waals surface area (Å²) in [6.07, 6.45) is 4.23. The van der Waals surface area contributed by atoms with Gasteiger partial charge in [0.15, 0.2) is 0 Å². The fourth-order valence-corrected chi connectivity index (χ4v) is 4.15. The number of benzene rings is 2. The smallest absolute Gasteiger partial charge is 0.263 e. The molecule has 2 heterocycles. The molecule has 0 aliphatic heterocycles. The number of anilines is 1. The summed E-state index contributed by atoms with van der Waals surface area (Å²) in [6.45, 7) is 0. The van der Waals surface area contributed by atoms with Crippen LogP contribution in [0.4, 0.5) is 10.2 Å². The number of rotatable bonds is 6. The Bertz CT molecular complexity index is 1350. The lowest BCUT2D eigenvalue weighted by Crippen LogP contribution is -2.14. The Morgan fingerprint density at radius 1 is 1.06 bits per heavy atom. The average Bonchev–Trinajstić information content (AvgIpc) is 3.16. The molecule has 4 rings (SSSR count). The summed E-state index contributed by atoms with van der Waals surface area (Å²) in [7, 11) is -2.20. The minimum Gasteiger partial charge on any atom is -0.455 e. The summed E-state index contributed by atoms with van der Waals surface area (Å²) in [5.74, 6) is 0.227. The second-order valence-electron chi connectivity index (χ2n) is 6.37. The van der Waals surface area contributed by atoms with Crippen LogP contribution in [-0.4, -0.2) is 28.2 Å². The van der Waals surface area contributed by atoms with Gasteiger partial charge in [-0.3, -0.25) is 9.40 Å². The molecule has 0 atom stereocenters. The van der Waals surface area contributed by atoms with Gasteiger partial charge in [0.2, 0.25) is 0 Å². The van der Waals surface area contributed by atoms with Crippen molar-refractivity contribution in [1.82, 2.24) is 19.7 Å². The van der Waals surface area contributed by atoms with E-state index in [9.17, 15) is 12.8 Å². The van der Waals surface area contributed by atoms with Crippen molar-refractivity contribution in [3.63, 3.8) is 0 Å². The van der Waals surface area contributed by atoms with Crippen LogP contribution in [0, 0.1) is 5.82 Å². The molecule has 0 unspecified atom stereocenters. The van der Waals surface area contributed by atoms with E-state index in [0.29, 0.717) is 17.0 Å². The molecule has 158 valence electrons. The van der Waals surface area contributed by atoms with Crippen LogP contribution in [-0.2, 0) is 17.1 Å². The minimum absolute atomic E-state index is 0.0610. The van der Waals surface area contributed by atoms with Gasteiger partial charge in [-0.1, -0.05) is 11.6 Å². The molecule has 0 spiro atoms. The second kappa shape index (κ2) is 8.32. The maximum Gasteiger partial charge on any atom is 0.263 e. The molecule has 0 aliphatic rings. The molecule has 0 bridgehead atoms. The monoisotopic (exact) mass is 459 g/mol. The quantitative estimate of drug-likeness (QED) is 0.462. The SMILES string of the molecule is Cn1nccc1-c1cc(F)ccc1Oc1ccc(S(=O)(=O)Nc2ccncn2)cc1Cl. The number of aryl methyl sites for hydroxylation is 1. The number of aromatic nitrogens is 4. The van der Waals surface area contributed by atoms with Gasteiger partial charge in [0.05, 0.1) is 15.6 Å². The molecule has 11 heteroatoms. The van der Waals surface area contributed by atoms with Crippen LogP contribution < -0.4 is 9.46 Å². The molecule has 0 amide bonds. The van der Waals surface area contributed by atoms with E-state index >= 15 is 0 Å². The Morgan fingerprint density at radius 3 is 2.55 bits per heavy atom. The van der Waals surface area contributed by atoms with Crippen molar-refractivity contribution in [2.45, 2.75) is 4.90 Å². The zero-order valence-corrected chi connectivity index (χ0v) is 17.6. The van der Waals surface area contributed by atoms with E-state index in [0.717, 1.165) is 0 Å². The lowest BCUT2D eigenvalue weighted by molar-refractivity contribution is 0.481. The van der Waals surface area contributed by atoms with Gasteiger partial charge in [0.25, 0.3) is 10.0 Å². The van der Waals surface area contributed by atoms with Gasteiger partial charge in [-0.2, -0.15) is 5.10 Å². The molecule has 1 N–H and O–H groups in total. The molecule has 0 aliphatic carbocycles. The number of hydrogen-bond acceptors (Lipinski definition) is 6. The lowest BCUT2D eigenvalue weighted by atomic mass is 10.1. The molecule has 0 saturated heterocycles. The van der Waals surface area contributed by atoms with E-state index in [1.54, 1.807) is 24.0 Å². The molecule has 0 fully saturated rings. The van der Waals surface area contributed by atoms with Crippen LogP contribution in [0.1, 0.15) is 0 Å². The third kappa shape index (κ3) is 4.49. The van der Waals surface area contributed by atoms with Gasteiger partial charge >= 0.3 is 0 Å². The molecule has 0 saturated carbocycles. The first-order chi connectivity index (χ1) is 14.8. The summed E-state index contributed by atoms with van der Waals surface area (Å²) < 4.78 is 48.8. The highest BCUT2D eigenvalue weighted by Gasteiger charge is 2.18. The fraction of sp³-hybridized carbons (Fsp3) is 0.0500. The van der Waals surface area contributed by atoms with Gasteiger partial charge in [0.1, 0.15) is 29.5 Å². The van der Waals surface area contributed by atoms with Crippen LogP contribution >= 0.6 is 11.6 Å². The standard InChI is InChI=1S/C20H15ClFN5O3S/c1-27-17(6-9-25-27)15-10-13(22)2-4-18(15)30-19-5-3-14(11-16(19)21)31(28,29)26-20-7-8-23-12-24-20/h2-12H,1H3,(H,23,24,26). The normalized spacial score (nSPS) is 11.3. The largest absolute Gasteiger partial charge is 0.455 e. The molecular weight excluding hydrogens is 445 g/mol. The molecular formula is C20H15ClFN5O3S. The van der Waals surface area contributed by atoms with Gasteiger partial charge in [-0.25, -0.2) is 22.8 Å². The Kier molecular flexibility index (Phi) is 5.57. The third-order valence-corrected chi connectivity index (χ3v) is 5.94. The van der Waals surface area contributed by atoms with Crippen LogP contribution in [0.25, 0.3) is 11.3 Å². The molecule has 2 aromatic heterocycles. The van der Waals surface area contributed by atoms with Crippen LogP contribution in [0.2, 0.25) is 5.02 Å². The predicted octanol–water partition coefficient (Wildman–Crippen LogP) is 4.26. The maximum atomic E-state index is 13.9. The summed E-state index contributed by atoms with van der Waals surface area (Å²) >= 11 is 6.29. The van der Waals surface area contributed by atoms with Crippen LogP contribution in [0.3, 0.4) is 0 Å². The summed E-state index contributed by atoms with van der Waals surface area (Å²) in [6, 6.07) is 11.2. The Labute approximate surface area is 182 Å². The highest BCUT2D eigenvalue weighted by Crippen LogP contribution is 2.37. The maximum absolute atomic E-state index is 13.9. The van der Waals surface area contributed by atoms with E-state index in [2.05, 4.69) is 19.8 Å². The Balaban J connectivity index is 1.64. The van der Waals surface area contributed by atoms with E-state index in [1.807, 2.05) is 0 Å². The van der Waals surface area contributed by atoms with E-state index in [4.69, 9.17) is 16.3 Å². The minimum atomic E-state index is -3.92. The highest BCUT2D eigenvalue weighted by atomic mass is 35.5. The van der Waals surface area contributed by atoms with Crippen molar-refractivity contribution in [2.24, 2.45) is 7.05 Å². The zero-order chi connectivity index (χ0) is 22.0. The zero-order valence-electron chi connectivity index (χ0n) is 16.0. The average molecular weight is 460 g/mol. The van der Waals surface area contributed by atoms with Crippen molar-refractivity contribution in [1.29, 1.82) is 0 Å². The van der Waals surface area contributed by atoms with E-state index in [-0.39, 0.29) is 21.5 Å². The van der Waals surface area contributed by atoms with Crippen molar-refractivity contribution < 1.29 is 17.5 Å². The third-order valence-electron chi connectivity index (χ3n) is 4.29. The van der Waals surface area contributed by atoms with Gasteiger partial charge in [-0.05, 0) is 48.5 Å². The number of nitrogens with one attached hydrogen (secondary N) is 1. The molecule has 2 aromatic carbocycles. The summed E-state index contributed by atoms with van der Waals surface area (Å²) in [4.78, 5) is 7.50. The topological polar surface area (TPSA) is 99.0 Å². The summed E-state index contributed by atoms with van der Waals surface area (Å²) in [5, 5.41) is 4.15. The molecule has 0 radical (unpaired) electrons. The summed E-state index contributed by atoms with van der Waals surface area (Å²) in [5.41, 5.74) is 1.11. The number of ether oxygens (including phenoxy) is 1. The van der Waals surface area contributed by atoms with Crippen molar-refractivity contribution in [3.8, 4) is 22.8 Å². The predicted molar refractivity (Wildman–Crippen MR) is 113 cm³/mol. The van der Waals surface area contributed by atoms with Crippen molar-refractivity contribution in [3.05, 3.63) is 78.1 Å². The van der Waals surface area contributed by atoms with Crippen LogP contribution in [0.15, 0.2) is 72.1 Å². The number of nitrogens with zero attached hydrogens (tertiary/aromatic N) is 4. The van der Waals surface area contributed by atoms with Gasteiger partial charge in [0, 0.05) is 25.0 Å². The van der Waals surface area contributed by atoms with E-state index < -0.39 is 15.8 Å².